The molecule has 0 aliphatic heterocycles. The average molecular weight is 286 g/mol. The maximum atomic E-state index is 10.7. The second-order valence-electron chi connectivity index (χ2n) is 2.33. The summed E-state index contributed by atoms with van der Waals surface area (Å²) in [5.41, 5.74) is 1.27. The number of carbonyl (C=O) groups is 1. The summed E-state index contributed by atoms with van der Waals surface area (Å²) in [6, 6.07) is 5.17. The molecule has 1 aromatic rings. The van der Waals surface area contributed by atoms with Crippen LogP contribution in [0.3, 0.4) is 0 Å². The molecule has 0 saturated carbocycles. The Bertz CT molecular complexity index is 315. The predicted octanol–water partition coefficient (Wildman–Crippen LogP) is 1.60. The summed E-state index contributed by atoms with van der Waals surface area (Å²) in [6.07, 6.45) is 0. The Morgan fingerprint density at radius 3 is 2.54 bits per heavy atom. The summed E-state index contributed by atoms with van der Waals surface area (Å²) < 4.78 is 0.763. The molecule has 0 spiro atoms. The minimum Gasteiger partial charge on any atom is -0.147 e. The Hall–Kier alpha value is -0.211. The van der Waals surface area contributed by atoms with E-state index in [1.807, 2.05) is 13.0 Å². The Labute approximate surface area is 93.1 Å². The minimum absolute atomic E-state index is 0. The predicted molar refractivity (Wildman–Crippen MR) is 56.6 cm³/mol. The van der Waals surface area contributed by atoms with E-state index in [1.165, 1.54) is 0 Å². The molecular weight excluding hydrogens is 278 g/mol. The van der Waals surface area contributed by atoms with Crippen LogP contribution in [0.4, 0.5) is 0 Å². The molecule has 0 atom stereocenters. The van der Waals surface area contributed by atoms with E-state index >= 15 is 0 Å². The Balaban J connectivity index is 0.00000144. The number of rotatable bonds is 2. The summed E-state index contributed by atoms with van der Waals surface area (Å²) in [5.74, 6) is -0.906. The van der Waals surface area contributed by atoms with Crippen LogP contribution in [-0.4, -0.2) is 25.1 Å². The fourth-order valence-electron chi connectivity index (χ4n) is 0.923. The van der Waals surface area contributed by atoms with Gasteiger partial charge < -0.3 is 0 Å². The molecule has 1 aromatic carbocycles. The monoisotopic (exact) mass is 286 g/mol. The molecule has 0 fully saturated rings. The average Bonchev–Trinajstić information content (AvgIpc) is 2.03. The van der Waals surface area contributed by atoms with E-state index in [1.54, 1.807) is 12.1 Å². The fourth-order valence-corrected chi connectivity index (χ4v) is 2.89. The second-order valence-corrected chi connectivity index (χ2v) is 4.32. The first-order valence-electron chi connectivity index (χ1n) is 3.28. The third-order valence-corrected chi connectivity index (χ3v) is 3.78. The summed E-state index contributed by atoms with van der Waals surface area (Å²) in [5, 5.41) is 8.77. The fraction of sp³-hybridized carbons (Fsp3) is 0.125. The van der Waals surface area contributed by atoms with Crippen LogP contribution in [0.5, 0.6) is 0 Å². The zero-order chi connectivity index (χ0) is 9.14. The normalized spacial score (nSPS) is 9.08. The van der Waals surface area contributed by atoms with Crippen molar-refractivity contribution in [2.24, 2.45) is 0 Å². The van der Waals surface area contributed by atoms with Gasteiger partial charge in [-0.05, 0) is 0 Å². The standard InChI is InChI=1S/C8H7ClO2Se.ClH/c1-5-3-2-4-6(8(10)11)7(5)12-9;/h2-4H,1H3,(H,10,11);1H. The molecule has 0 saturated heterocycles. The summed E-state index contributed by atoms with van der Waals surface area (Å²) in [7, 11) is 5.68. The topological polar surface area (TPSA) is 37.3 Å². The van der Waals surface area contributed by atoms with Crippen LogP contribution in [0.15, 0.2) is 18.2 Å². The number of aryl methyl sites for hydroxylation is 1. The first kappa shape index (κ1) is 12.8. The Kier molecular flexibility index (Phi) is 5.42. The molecule has 2 nitrogen and oxygen atoms in total. The van der Waals surface area contributed by atoms with Crippen molar-refractivity contribution in [2.45, 2.75) is 6.92 Å². The number of aromatic carboxylic acids is 1. The van der Waals surface area contributed by atoms with E-state index in [0.717, 1.165) is 10.0 Å². The van der Waals surface area contributed by atoms with Crippen LogP contribution < -0.4 is 4.46 Å². The maximum Gasteiger partial charge on any atom is -0.147 e. The molecule has 0 bridgehead atoms. The van der Waals surface area contributed by atoms with Crippen LogP contribution in [-0.2, 0) is 0 Å². The van der Waals surface area contributed by atoms with Gasteiger partial charge in [-0.2, -0.15) is 0 Å². The largest absolute Gasteiger partial charge is 0.147 e. The van der Waals surface area contributed by atoms with Gasteiger partial charge in [0, 0.05) is 0 Å². The van der Waals surface area contributed by atoms with Gasteiger partial charge >= 0.3 is 80.7 Å². The Morgan fingerprint density at radius 1 is 1.54 bits per heavy atom. The molecule has 0 unspecified atom stereocenters. The zero-order valence-corrected chi connectivity index (χ0v) is 10.1. The maximum absolute atomic E-state index is 10.7. The number of benzene rings is 1. The van der Waals surface area contributed by atoms with Crippen molar-refractivity contribution in [2.75, 3.05) is 0 Å². The van der Waals surface area contributed by atoms with Gasteiger partial charge in [-0.3, -0.25) is 0 Å². The number of hydrogen-bond donors (Lipinski definition) is 1. The molecule has 1 N–H and O–H groups in total. The van der Waals surface area contributed by atoms with Crippen molar-refractivity contribution >= 4 is 47.0 Å². The molecular formula is C8H8Cl2O2Se. The van der Waals surface area contributed by atoms with Crippen molar-refractivity contribution in [1.29, 1.82) is 0 Å². The third kappa shape index (κ3) is 2.88. The van der Waals surface area contributed by atoms with Gasteiger partial charge in [-0.1, -0.05) is 0 Å². The third-order valence-electron chi connectivity index (χ3n) is 1.52. The summed E-state index contributed by atoms with van der Waals surface area (Å²) in [6.45, 7) is 1.87. The van der Waals surface area contributed by atoms with Gasteiger partial charge in [0.2, 0.25) is 0 Å². The smallest absolute Gasteiger partial charge is 0.147 e. The minimum atomic E-state index is -0.906. The van der Waals surface area contributed by atoms with Crippen molar-refractivity contribution in [3.8, 4) is 0 Å². The van der Waals surface area contributed by atoms with Crippen LogP contribution in [0.1, 0.15) is 15.9 Å². The van der Waals surface area contributed by atoms with E-state index < -0.39 is 5.97 Å². The number of halogens is 2. The van der Waals surface area contributed by atoms with Crippen LogP contribution >= 0.6 is 22.5 Å². The Morgan fingerprint density at radius 2 is 2.15 bits per heavy atom. The van der Waals surface area contributed by atoms with E-state index in [4.69, 9.17) is 15.2 Å². The van der Waals surface area contributed by atoms with Crippen LogP contribution in [0, 0.1) is 6.92 Å². The van der Waals surface area contributed by atoms with Crippen molar-refractivity contribution in [3.05, 3.63) is 29.3 Å². The summed E-state index contributed by atoms with van der Waals surface area (Å²) in [4.78, 5) is 10.7. The molecule has 13 heavy (non-hydrogen) atoms. The summed E-state index contributed by atoms with van der Waals surface area (Å²) >= 11 is -0.279. The van der Waals surface area contributed by atoms with Crippen molar-refractivity contribution < 1.29 is 9.90 Å². The molecule has 0 radical (unpaired) electrons. The SMILES string of the molecule is Cc1cccc(C(=O)O)c1[Se]Cl.Cl. The molecule has 0 amide bonds. The molecule has 0 heterocycles. The van der Waals surface area contributed by atoms with Crippen LogP contribution in [0.25, 0.3) is 0 Å². The molecule has 0 aliphatic carbocycles. The van der Waals surface area contributed by atoms with Gasteiger partial charge in [0.1, 0.15) is 0 Å². The molecule has 5 heteroatoms. The van der Waals surface area contributed by atoms with Gasteiger partial charge in [-0.15, -0.1) is 12.4 Å². The first-order chi connectivity index (χ1) is 5.66. The van der Waals surface area contributed by atoms with Crippen LogP contribution in [0.2, 0.25) is 0 Å². The zero-order valence-electron chi connectivity index (χ0n) is 6.78. The molecule has 0 aromatic heterocycles. The van der Waals surface area contributed by atoms with E-state index in [2.05, 4.69) is 0 Å². The number of carboxylic acid groups (broad SMARTS) is 1. The molecule has 72 valence electrons. The van der Waals surface area contributed by atoms with Gasteiger partial charge in [0.15, 0.2) is 0 Å². The van der Waals surface area contributed by atoms with Gasteiger partial charge in [-0.25, -0.2) is 0 Å². The molecule has 0 aliphatic rings. The first-order valence-corrected chi connectivity index (χ1v) is 6.39. The van der Waals surface area contributed by atoms with Crippen molar-refractivity contribution in [1.82, 2.24) is 0 Å². The second kappa shape index (κ2) is 5.51. The van der Waals surface area contributed by atoms with Gasteiger partial charge in [0.05, 0.1) is 0 Å². The van der Waals surface area contributed by atoms with E-state index in [0.29, 0.717) is 5.56 Å². The number of hydrogen-bond acceptors (Lipinski definition) is 1. The van der Waals surface area contributed by atoms with E-state index in [-0.39, 0.29) is 26.5 Å². The molecule has 1 rings (SSSR count). The van der Waals surface area contributed by atoms with Gasteiger partial charge in [0.25, 0.3) is 0 Å². The van der Waals surface area contributed by atoms with E-state index in [9.17, 15) is 4.79 Å². The van der Waals surface area contributed by atoms with Crippen molar-refractivity contribution in [3.63, 3.8) is 0 Å². The number of carboxylic acids is 1. The quantitative estimate of drug-likeness (QED) is 0.838.